The van der Waals surface area contributed by atoms with Crippen LogP contribution in [0.2, 0.25) is 0 Å². The van der Waals surface area contributed by atoms with E-state index in [2.05, 4.69) is 20.9 Å². The summed E-state index contributed by atoms with van der Waals surface area (Å²) in [6, 6.07) is 0.597. The molecule has 0 aliphatic rings. The number of aromatic carboxylic acids is 1. The number of carboxylic acids is 1. The molecule has 82 valence electrons. The van der Waals surface area contributed by atoms with Crippen molar-refractivity contribution in [2.75, 3.05) is 0 Å². The van der Waals surface area contributed by atoms with Crippen molar-refractivity contribution in [1.82, 2.24) is 4.98 Å². The van der Waals surface area contributed by atoms with E-state index in [-0.39, 0.29) is 11.0 Å². The molecule has 1 aromatic heterocycles. The Balaban J connectivity index is 3.54. The highest BCUT2D eigenvalue weighted by atomic mass is 79.9. The summed E-state index contributed by atoms with van der Waals surface area (Å²) in [6.45, 7) is 0. The molecule has 15 heavy (non-hydrogen) atoms. The van der Waals surface area contributed by atoms with Gasteiger partial charge in [0.25, 0.3) is 6.43 Å². The van der Waals surface area contributed by atoms with Crippen molar-refractivity contribution in [1.29, 1.82) is 0 Å². The molecule has 0 saturated carbocycles. The number of alkyl halides is 3. The molecule has 0 unspecified atom stereocenters. The minimum atomic E-state index is -2.99. The highest BCUT2D eigenvalue weighted by molar-refractivity contribution is 9.08. The van der Waals surface area contributed by atoms with Gasteiger partial charge in [-0.1, -0.05) is 15.9 Å². The second-order valence-corrected chi connectivity index (χ2v) is 3.24. The Morgan fingerprint density at radius 2 is 2.20 bits per heavy atom. The minimum Gasteiger partial charge on any atom is -0.478 e. The van der Waals surface area contributed by atoms with E-state index in [0.29, 0.717) is 6.07 Å². The van der Waals surface area contributed by atoms with Crippen molar-refractivity contribution in [3.8, 4) is 0 Å². The van der Waals surface area contributed by atoms with Crippen molar-refractivity contribution in [3.63, 3.8) is 0 Å². The van der Waals surface area contributed by atoms with Gasteiger partial charge in [-0.2, -0.15) is 0 Å². The van der Waals surface area contributed by atoms with Crippen LogP contribution in [0.15, 0.2) is 10.9 Å². The monoisotopic (exact) mass is 281 g/mol. The average molecular weight is 282 g/mol. The zero-order valence-corrected chi connectivity index (χ0v) is 8.85. The second kappa shape index (κ2) is 4.52. The van der Waals surface area contributed by atoms with Crippen molar-refractivity contribution in [2.45, 2.75) is 11.8 Å². The predicted molar refractivity (Wildman–Crippen MR) is 51.6 cm³/mol. The molecule has 0 saturated heterocycles. The van der Waals surface area contributed by atoms with Crippen LogP contribution in [-0.2, 0) is 5.33 Å². The van der Waals surface area contributed by atoms with Gasteiger partial charge in [0.2, 0.25) is 5.56 Å². The molecule has 0 amide bonds. The van der Waals surface area contributed by atoms with Crippen LogP contribution in [0.1, 0.15) is 28.0 Å². The molecule has 0 atom stereocenters. The van der Waals surface area contributed by atoms with Gasteiger partial charge in [0, 0.05) is 22.7 Å². The first-order valence-corrected chi connectivity index (χ1v) is 4.93. The van der Waals surface area contributed by atoms with Crippen molar-refractivity contribution in [3.05, 3.63) is 33.2 Å². The topological polar surface area (TPSA) is 70.2 Å². The minimum absolute atomic E-state index is 0.00949. The fraction of sp³-hybridized carbons (Fsp3) is 0.250. The Morgan fingerprint density at radius 1 is 1.60 bits per heavy atom. The first-order valence-electron chi connectivity index (χ1n) is 3.81. The Bertz CT molecular complexity index is 444. The summed E-state index contributed by atoms with van der Waals surface area (Å²) in [5.41, 5.74) is -2.13. The maximum atomic E-state index is 12.5. The molecule has 1 rings (SSSR count). The first kappa shape index (κ1) is 11.8. The number of hydrogen-bond donors (Lipinski definition) is 2. The maximum Gasteiger partial charge on any atom is 0.338 e. The SMILES string of the molecule is O=C(O)c1c(C(F)F)cc(=O)[nH]c1CBr. The van der Waals surface area contributed by atoms with Crippen LogP contribution in [0, 0.1) is 0 Å². The normalized spacial score (nSPS) is 10.7. The number of rotatable bonds is 3. The summed E-state index contributed by atoms with van der Waals surface area (Å²) in [5.74, 6) is -1.49. The molecule has 1 aromatic rings. The molecule has 7 heteroatoms. The third-order valence-electron chi connectivity index (χ3n) is 1.73. The molecule has 0 fully saturated rings. The summed E-state index contributed by atoms with van der Waals surface area (Å²) in [7, 11) is 0. The lowest BCUT2D eigenvalue weighted by molar-refractivity contribution is 0.0682. The number of halogens is 3. The van der Waals surface area contributed by atoms with E-state index in [1.165, 1.54) is 0 Å². The maximum absolute atomic E-state index is 12.5. The molecule has 0 aliphatic heterocycles. The fourth-order valence-electron chi connectivity index (χ4n) is 1.16. The van der Waals surface area contributed by atoms with Crippen LogP contribution >= 0.6 is 15.9 Å². The van der Waals surface area contributed by atoms with Gasteiger partial charge in [0.15, 0.2) is 0 Å². The molecule has 0 bridgehead atoms. The molecule has 0 radical (unpaired) electrons. The lowest BCUT2D eigenvalue weighted by Gasteiger charge is -2.08. The van der Waals surface area contributed by atoms with Crippen molar-refractivity contribution in [2.24, 2.45) is 0 Å². The van der Waals surface area contributed by atoms with E-state index < -0.39 is 29.1 Å². The van der Waals surface area contributed by atoms with Gasteiger partial charge in [-0.15, -0.1) is 0 Å². The lowest BCUT2D eigenvalue weighted by Crippen LogP contribution is -2.17. The highest BCUT2D eigenvalue weighted by Gasteiger charge is 2.22. The summed E-state index contributed by atoms with van der Waals surface area (Å²) >= 11 is 2.92. The predicted octanol–water partition coefficient (Wildman–Crippen LogP) is 1.91. The van der Waals surface area contributed by atoms with Crippen molar-refractivity contribution < 1.29 is 18.7 Å². The van der Waals surface area contributed by atoms with E-state index in [0.717, 1.165) is 0 Å². The Kier molecular flexibility index (Phi) is 3.57. The van der Waals surface area contributed by atoms with E-state index in [1.54, 1.807) is 0 Å². The Hall–Kier alpha value is -1.24. The van der Waals surface area contributed by atoms with Gasteiger partial charge in [-0.25, -0.2) is 13.6 Å². The van der Waals surface area contributed by atoms with E-state index in [1.807, 2.05) is 0 Å². The number of hydrogen-bond acceptors (Lipinski definition) is 2. The third-order valence-corrected chi connectivity index (χ3v) is 2.29. The van der Waals surface area contributed by atoms with Crippen LogP contribution in [0.5, 0.6) is 0 Å². The molecule has 0 aliphatic carbocycles. The molecule has 4 nitrogen and oxygen atoms in total. The van der Waals surface area contributed by atoms with Gasteiger partial charge in [-0.05, 0) is 0 Å². The van der Waals surface area contributed by atoms with Gasteiger partial charge >= 0.3 is 5.97 Å². The van der Waals surface area contributed by atoms with E-state index in [4.69, 9.17) is 5.11 Å². The summed E-state index contributed by atoms with van der Waals surface area (Å²) in [6.07, 6.45) is -2.99. The zero-order valence-electron chi connectivity index (χ0n) is 7.26. The molecule has 0 aromatic carbocycles. The number of carboxylic acid groups (broad SMARTS) is 1. The van der Waals surface area contributed by atoms with E-state index in [9.17, 15) is 18.4 Å². The van der Waals surface area contributed by atoms with Crippen LogP contribution in [0.25, 0.3) is 0 Å². The number of nitrogens with one attached hydrogen (secondary N) is 1. The molecule has 2 N–H and O–H groups in total. The van der Waals surface area contributed by atoms with Crippen molar-refractivity contribution >= 4 is 21.9 Å². The number of H-pyrrole nitrogens is 1. The lowest BCUT2D eigenvalue weighted by atomic mass is 10.1. The largest absolute Gasteiger partial charge is 0.478 e. The summed E-state index contributed by atoms with van der Waals surface area (Å²) < 4.78 is 24.9. The van der Waals surface area contributed by atoms with Gasteiger partial charge in [-0.3, -0.25) is 4.79 Å². The standard InChI is InChI=1S/C8H6BrF2NO3/c9-2-4-6(8(14)15)3(7(10)11)1-5(13)12-4/h1,7H,2H2,(H,12,13)(H,14,15). The quantitative estimate of drug-likeness (QED) is 0.832. The average Bonchev–Trinajstić information content (AvgIpc) is 2.15. The number of aromatic amines is 1. The van der Waals surface area contributed by atoms with Gasteiger partial charge in [0.1, 0.15) is 0 Å². The Morgan fingerprint density at radius 3 is 2.60 bits per heavy atom. The van der Waals surface area contributed by atoms with E-state index >= 15 is 0 Å². The first-order chi connectivity index (χ1) is 6.97. The van der Waals surface area contributed by atoms with Gasteiger partial charge in [0.05, 0.1) is 5.56 Å². The summed E-state index contributed by atoms with van der Waals surface area (Å²) in [5, 5.41) is 8.73. The molecular weight excluding hydrogens is 276 g/mol. The van der Waals surface area contributed by atoms with Crippen LogP contribution in [0.3, 0.4) is 0 Å². The number of pyridine rings is 1. The second-order valence-electron chi connectivity index (χ2n) is 2.68. The van der Waals surface area contributed by atoms with Gasteiger partial charge < -0.3 is 10.1 Å². The third kappa shape index (κ3) is 2.41. The number of carbonyl (C=O) groups is 1. The van der Waals surface area contributed by atoms with Crippen LogP contribution in [-0.4, -0.2) is 16.1 Å². The summed E-state index contributed by atoms with van der Waals surface area (Å²) in [4.78, 5) is 23.9. The molecule has 0 spiro atoms. The molecular formula is C8H6BrF2NO3. The highest BCUT2D eigenvalue weighted by Crippen LogP contribution is 2.24. The number of aromatic nitrogens is 1. The smallest absolute Gasteiger partial charge is 0.338 e. The molecule has 1 heterocycles. The van der Waals surface area contributed by atoms with Crippen LogP contribution < -0.4 is 5.56 Å². The zero-order chi connectivity index (χ0) is 11.6. The fourth-order valence-corrected chi connectivity index (χ4v) is 1.58. The van der Waals surface area contributed by atoms with Crippen LogP contribution in [0.4, 0.5) is 8.78 Å². The Labute approximate surface area is 91.1 Å².